The number of hydrogen-bond donors (Lipinski definition) is 0. The van der Waals surface area contributed by atoms with E-state index in [-0.39, 0.29) is 17.0 Å². The van der Waals surface area contributed by atoms with E-state index < -0.39 is 9.84 Å². The number of ether oxygens (including phenoxy) is 1. The van der Waals surface area contributed by atoms with Crippen LogP contribution in [0.2, 0.25) is 0 Å². The van der Waals surface area contributed by atoms with Crippen LogP contribution in [0.4, 0.5) is 0 Å². The summed E-state index contributed by atoms with van der Waals surface area (Å²) in [6.07, 6.45) is 5.86. The van der Waals surface area contributed by atoms with Crippen molar-refractivity contribution < 1.29 is 13.2 Å². The van der Waals surface area contributed by atoms with Crippen molar-refractivity contribution in [2.45, 2.75) is 56.6 Å². The lowest BCUT2D eigenvalue weighted by Crippen LogP contribution is -2.25. The van der Waals surface area contributed by atoms with Crippen molar-refractivity contribution in [3.63, 3.8) is 0 Å². The largest absolute Gasteiger partial charge is 0.376 e. The van der Waals surface area contributed by atoms with Crippen LogP contribution in [0.1, 0.15) is 36.9 Å². The first-order chi connectivity index (χ1) is 13.0. The lowest BCUT2D eigenvalue weighted by Gasteiger charge is -2.20. The molecule has 27 heavy (non-hydrogen) atoms. The minimum absolute atomic E-state index is 0.0787. The zero-order valence-corrected chi connectivity index (χ0v) is 17.3. The summed E-state index contributed by atoms with van der Waals surface area (Å²) in [5.74, 6) is 0.535. The minimum atomic E-state index is -3.35. The molecular weight excluding hydrogens is 382 g/mol. The van der Waals surface area contributed by atoms with Crippen LogP contribution in [0.5, 0.6) is 0 Å². The number of sulfone groups is 1. The van der Waals surface area contributed by atoms with Gasteiger partial charge in [0.15, 0.2) is 0 Å². The van der Waals surface area contributed by atoms with Crippen molar-refractivity contribution in [1.82, 2.24) is 14.5 Å². The molecule has 2 fully saturated rings. The van der Waals surface area contributed by atoms with Gasteiger partial charge in [0.25, 0.3) is 0 Å². The Balaban J connectivity index is 1.55. The van der Waals surface area contributed by atoms with E-state index in [0.717, 1.165) is 44.5 Å². The summed E-state index contributed by atoms with van der Waals surface area (Å²) in [7, 11) is -1.30. The molecule has 1 saturated carbocycles. The topological polar surface area (TPSA) is 64.4 Å². The third-order valence-corrected chi connectivity index (χ3v) is 7.73. The van der Waals surface area contributed by atoms with Crippen LogP contribution in [0.3, 0.4) is 0 Å². The predicted octanol–water partition coefficient (Wildman–Crippen LogP) is 2.94. The molecule has 0 amide bonds. The van der Waals surface area contributed by atoms with Crippen LogP contribution in [0, 0.1) is 5.92 Å². The maximum absolute atomic E-state index is 12.9. The highest BCUT2D eigenvalue weighted by Gasteiger charge is 2.33. The van der Waals surface area contributed by atoms with Gasteiger partial charge >= 0.3 is 0 Å². The molecule has 4 rings (SSSR count). The van der Waals surface area contributed by atoms with Crippen molar-refractivity contribution in [1.29, 1.82) is 0 Å². The molecule has 6 nitrogen and oxygen atoms in total. The second-order valence-electron chi connectivity index (χ2n) is 7.81. The number of aromatic nitrogens is 2. The normalized spacial score (nSPS) is 20.6. The number of nitrogens with zero attached hydrogens (tertiary/aromatic N) is 3. The van der Waals surface area contributed by atoms with Gasteiger partial charge in [-0.15, -0.1) is 0 Å². The Labute approximate surface area is 165 Å². The van der Waals surface area contributed by atoms with Gasteiger partial charge in [-0.3, -0.25) is 4.90 Å². The van der Waals surface area contributed by atoms with Crippen LogP contribution in [0.15, 0.2) is 28.2 Å². The summed E-state index contributed by atoms with van der Waals surface area (Å²) in [5, 5.41) is 4.45. The number of thiophene rings is 1. The standard InChI is InChI=1S/C19H27N3O3S2/c1-21(10-16-6-8-26-13-16)11-17-9-20-19(27(23,24)14-15-4-5-15)22(17)12-18-3-2-7-25-18/h6,8-9,13,15,18H,2-5,7,10-12,14H2,1H3/t18-/m1/s1. The first-order valence-electron chi connectivity index (χ1n) is 9.59. The summed E-state index contributed by atoms with van der Waals surface area (Å²) in [5.41, 5.74) is 2.21. The average Bonchev–Trinajstić information content (AvgIpc) is 3.05. The van der Waals surface area contributed by atoms with Crippen LogP contribution in [-0.2, 0) is 34.2 Å². The van der Waals surface area contributed by atoms with Crippen LogP contribution in [0.25, 0.3) is 0 Å². The Bertz CT molecular complexity index is 851. The monoisotopic (exact) mass is 409 g/mol. The first kappa shape index (κ1) is 19.1. The zero-order valence-electron chi connectivity index (χ0n) is 15.7. The average molecular weight is 410 g/mol. The van der Waals surface area contributed by atoms with Crippen molar-refractivity contribution in [2.24, 2.45) is 5.92 Å². The van der Waals surface area contributed by atoms with Gasteiger partial charge in [0.1, 0.15) is 0 Å². The van der Waals surface area contributed by atoms with E-state index in [1.807, 2.05) is 4.57 Å². The molecule has 1 aliphatic carbocycles. The fourth-order valence-corrected chi connectivity index (χ4v) is 6.15. The van der Waals surface area contributed by atoms with E-state index in [0.29, 0.717) is 19.0 Å². The molecule has 2 aromatic rings. The molecule has 0 bridgehead atoms. The lowest BCUT2D eigenvalue weighted by atomic mass is 10.2. The van der Waals surface area contributed by atoms with E-state index in [9.17, 15) is 8.42 Å². The highest BCUT2D eigenvalue weighted by Crippen LogP contribution is 2.32. The number of rotatable bonds is 9. The van der Waals surface area contributed by atoms with E-state index in [1.165, 1.54) is 5.56 Å². The maximum Gasteiger partial charge on any atom is 0.227 e. The van der Waals surface area contributed by atoms with Gasteiger partial charge in [0.05, 0.1) is 30.3 Å². The highest BCUT2D eigenvalue weighted by molar-refractivity contribution is 7.91. The van der Waals surface area contributed by atoms with Crippen molar-refractivity contribution >= 4 is 21.2 Å². The molecule has 3 heterocycles. The smallest absolute Gasteiger partial charge is 0.227 e. The molecule has 1 saturated heterocycles. The second kappa shape index (κ2) is 8.03. The zero-order chi connectivity index (χ0) is 18.9. The predicted molar refractivity (Wildman–Crippen MR) is 105 cm³/mol. The SMILES string of the molecule is CN(Cc1ccsc1)Cc1cnc(S(=O)(=O)CC2CC2)n1C[C@H]1CCCO1. The van der Waals surface area contributed by atoms with Gasteiger partial charge in [-0.2, -0.15) is 11.3 Å². The van der Waals surface area contributed by atoms with Gasteiger partial charge < -0.3 is 9.30 Å². The van der Waals surface area contributed by atoms with E-state index >= 15 is 0 Å². The molecule has 2 aliphatic rings. The van der Waals surface area contributed by atoms with Crippen LogP contribution in [-0.4, -0.2) is 48.4 Å². The lowest BCUT2D eigenvalue weighted by molar-refractivity contribution is 0.0934. The molecule has 8 heteroatoms. The fraction of sp³-hybridized carbons (Fsp3) is 0.632. The Morgan fingerprint density at radius 3 is 2.85 bits per heavy atom. The van der Waals surface area contributed by atoms with E-state index in [1.54, 1.807) is 17.5 Å². The van der Waals surface area contributed by atoms with Crippen molar-refractivity contribution in [3.8, 4) is 0 Å². The number of hydrogen-bond acceptors (Lipinski definition) is 6. The Kier molecular flexibility index (Phi) is 5.68. The Morgan fingerprint density at radius 1 is 1.33 bits per heavy atom. The second-order valence-corrected chi connectivity index (χ2v) is 10.5. The van der Waals surface area contributed by atoms with Gasteiger partial charge in [-0.1, -0.05) is 0 Å². The summed E-state index contributed by atoms with van der Waals surface area (Å²) in [6, 6.07) is 2.12. The molecule has 0 aromatic carbocycles. The van der Waals surface area contributed by atoms with Gasteiger partial charge in [-0.25, -0.2) is 13.4 Å². The van der Waals surface area contributed by atoms with E-state index in [2.05, 4.69) is 33.8 Å². The van der Waals surface area contributed by atoms with E-state index in [4.69, 9.17) is 4.74 Å². The van der Waals surface area contributed by atoms with Crippen molar-refractivity contribution in [3.05, 3.63) is 34.3 Å². The first-order valence-corrected chi connectivity index (χ1v) is 12.2. The molecular formula is C19H27N3O3S2. The van der Waals surface area contributed by atoms with Gasteiger partial charge in [-0.05, 0) is 61.0 Å². The highest BCUT2D eigenvalue weighted by atomic mass is 32.2. The number of imidazole rings is 1. The Hall–Kier alpha value is -1.22. The third kappa shape index (κ3) is 4.80. The van der Waals surface area contributed by atoms with Crippen LogP contribution >= 0.6 is 11.3 Å². The van der Waals surface area contributed by atoms with Crippen molar-refractivity contribution in [2.75, 3.05) is 19.4 Å². The summed E-state index contributed by atoms with van der Waals surface area (Å²) < 4.78 is 33.5. The summed E-state index contributed by atoms with van der Waals surface area (Å²) in [6.45, 7) is 2.82. The Morgan fingerprint density at radius 2 is 2.19 bits per heavy atom. The summed E-state index contributed by atoms with van der Waals surface area (Å²) in [4.78, 5) is 6.55. The molecule has 0 spiro atoms. The molecule has 0 N–H and O–H groups in total. The minimum Gasteiger partial charge on any atom is -0.376 e. The molecule has 0 radical (unpaired) electrons. The molecule has 148 valence electrons. The summed E-state index contributed by atoms with van der Waals surface area (Å²) >= 11 is 1.69. The van der Waals surface area contributed by atoms with Gasteiger partial charge in [0.2, 0.25) is 15.0 Å². The molecule has 1 atom stereocenters. The van der Waals surface area contributed by atoms with Gasteiger partial charge in [0, 0.05) is 19.7 Å². The molecule has 0 unspecified atom stereocenters. The fourth-order valence-electron chi connectivity index (χ4n) is 3.65. The maximum atomic E-state index is 12.9. The quantitative estimate of drug-likeness (QED) is 0.637. The van der Waals surface area contributed by atoms with Crippen LogP contribution < -0.4 is 0 Å². The third-order valence-electron chi connectivity index (χ3n) is 5.21. The molecule has 2 aromatic heterocycles. The molecule has 1 aliphatic heterocycles.